The van der Waals surface area contributed by atoms with Crippen LogP contribution in [0.25, 0.3) is 5.69 Å². The van der Waals surface area contributed by atoms with Crippen molar-refractivity contribution in [1.82, 2.24) is 24.1 Å². The Morgan fingerprint density at radius 2 is 1.97 bits per heavy atom. The van der Waals surface area contributed by atoms with Crippen LogP contribution in [-0.2, 0) is 16.6 Å². The molecule has 1 N–H and O–H groups in total. The van der Waals surface area contributed by atoms with Crippen LogP contribution < -0.4 is 4.72 Å². The molecule has 0 aliphatic heterocycles. The molecule has 0 atom stereocenters. The third-order valence-corrected chi connectivity index (χ3v) is 6.41. The number of benzene rings is 2. The smallest absolute Gasteiger partial charge is 0.285 e. The van der Waals surface area contributed by atoms with Gasteiger partial charge in [0.2, 0.25) is 0 Å². The maximum atomic E-state index is 13.6. The van der Waals surface area contributed by atoms with Crippen molar-refractivity contribution in [3.8, 4) is 5.69 Å². The van der Waals surface area contributed by atoms with Gasteiger partial charge in [-0.05, 0) is 42.0 Å². The van der Waals surface area contributed by atoms with E-state index in [1.807, 2.05) is 4.72 Å². The lowest BCUT2D eigenvalue weighted by molar-refractivity contribution is 0.0977. The quantitative estimate of drug-likeness (QED) is 0.441. The number of sulfonamides is 1. The molecule has 164 valence electrons. The normalized spacial score (nSPS) is 11.5. The van der Waals surface area contributed by atoms with Crippen LogP contribution in [0.4, 0.5) is 4.39 Å². The number of nitrogens with one attached hydrogen (secondary N) is 1. The average molecular weight is 494 g/mol. The van der Waals surface area contributed by atoms with Crippen molar-refractivity contribution in [3.05, 3.63) is 94.5 Å². The Kier molecular flexibility index (Phi) is 6.00. The number of nitrogens with zero attached hydrogens (tertiary/aromatic N) is 4. The van der Waals surface area contributed by atoms with E-state index in [1.54, 1.807) is 29.2 Å². The number of rotatable bonds is 6. The van der Waals surface area contributed by atoms with Crippen molar-refractivity contribution in [2.75, 3.05) is 0 Å². The van der Waals surface area contributed by atoms with Crippen molar-refractivity contribution in [3.63, 3.8) is 0 Å². The summed E-state index contributed by atoms with van der Waals surface area (Å²) in [5.74, 6) is -1.54. The number of carbonyl (C=O) groups is 1. The van der Waals surface area contributed by atoms with E-state index in [-0.39, 0.29) is 20.6 Å². The second-order valence-corrected chi connectivity index (χ2v) is 9.19. The fourth-order valence-electron chi connectivity index (χ4n) is 2.93. The molecule has 4 aromatic rings. The van der Waals surface area contributed by atoms with E-state index >= 15 is 0 Å². The first-order chi connectivity index (χ1) is 15.2. The number of imidazole rings is 1. The van der Waals surface area contributed by atoms with E-state index in [1.165, 1.54) is 41.4 Å². The summed E-state index contributed by atoms with van der Waals surface area (Å²) < 4.78 is 44.1. The monoisotopic (exact) mass is 493 g/mol. The molecular weight excluding hydrogens is 480 g/mol. The molecule has 0 unspecified atom stereocenters. The van der Waals surface area contributed by atoms with Crippen LogP contribution in [0.1, 0.15) is 16.1 Å². The van der Waals surface area contributed by atoms with Gasteiger partial charge in [-0.3, -0.25) is 9.48 Å². The second kappa shape index (κ2) is 8.73. The van der Waals surface area contributed by atoms with Crippen molar-refractivity contribution in [1.29, 1.82) is 0 Å². The van der Waals surface area contributed by atoms with Gasteiger partial charge in [-0.15, -0.1) is 0 Å². The summed E-state index contributed by atoms with van der Waals surface area (Å²) in [7, 11) is -4.30. The maximum Gasteiger partial charge on any atom is 0.285 e. The van der Waals surface area contributed by atoms with Crippen molar-refractivity contribution in [2.24, 2.45) is 0 Å². The predicted molar refractivity (Wildman–Crippen MR) is 116 cm³/mol. The van der Waals surface area contributed by atoms with E-state index in [4.69, 9.17) is 23.2 Å². The van der Waals surface area contributed by atoms with Crippen molar-refractivity contribution < 1.29 is 17.6 Å². The molecule has 1 amide bonds. The predicted octanol–water partition coefficient (Wildman–Crippen LogP) is 3.68. The Balaban J connectivity index is 1.56. The highest BCUT2D eigenvalue weighted by Gasteiger charge is 2.23. The Bertz CT molecular complexity index is 1380. The van der Waals surface area contributed by atoms with Gasteiger partial charge < -0.3 is 4.57 Å². The van der Waals surface area contributed by atoms with Gasteiger partial charge in [0, 0.05) is 23.6 Å². The van der Waals surface area contributed by atoms with E-state index in [0.717, 1.165) is 6.07 Å². The minimum atomic E-state index is -4.30. The zero-order valence-electron chi connectivity index (χ0n) is 16.1. The van der Waals surface area contributed by atoms with Crippen molar-refractivity contribution >= 4 is 39.1 Å². The lowest BCUT2D eigenvalue weighted by atomic mass is 10.2. The Morgan fingerprint density at radius 1 is 1.16 bits per heavy atom. The van der Waals surface area contributed by atoms with Crippen LogP contribution in [0.5, 0.6) is 0 Å². The van der Waals surface area contributed by atoms with Gasteiger partial charge in [0.25, 0.3) is 15.9 Å². The van der Waals surface area contributed by atoms with E-state index in [2.05, 4.69) is 10.1 Å². The van der Waals surface area contributed by atoms with Gasteiger partial charge in [-0.2, -0.15) is 5.10 Å². The second-order valence-electron chi connectivity index (χ2n) is 6.70. The highest BCUT2D eigenvalue weighted by atomic mass is 35.5. The van der Waals surface area contributed by atoms with Crippen LogP contribution in [0.2, 0.25) is 10.0 Å². The molecule has 0 saturated carbocycles. The summed E-state index contributed by atoms with van der Waals surface area (Å²) in [5, 5.41) is 4.19. The first kappa shape index (κ1) is 22.0. The lowest BCUT2D eigenvalue weighted by Crippen LogP contribution is -2.31. The number of hydrogen-bond acceptors (Lipinski definition) is 5. The summed E-state index contributed by atoms with van der Waals surface area (Å²) in [5.41, 5.74) is 0.745. The number of carbonyl (C=O) groups excluding carboxylic acids is 1. The fraction of sp³-hybridized carbons (Fsp3) is 0.0500. The lowest BCUT2D eigenvalue weighted by Gasteiger charge is -2.10. The molecule has 12 heteroatoms. The van der Waals surface area contributed by atoms with Crippen LogP contribution in [0.3, 0.4) is 0 Å². The highest BCUT2D eigenvalue weighted by molar-refractivity contribution is 7.90. The molecule has 0 bridgehead atoms. The molecular formula is C20H14Cl2FN5O3S. The molecule has 2 heterocycles. The summed E-state index contributed by atoms with van der Waals surface area (Å²) in [4.78, 5) is 16.2. The maximum absolute atomic E-state index is 13.6. The van der Waals surface area contributed by atoms with Crippen LogP contribution in [0.15, 0.2) is 72.3 Å². The number of aromatic nitrogens is 4. The SMILES string of the molecule is O=C(NS(=O)(=O)c1cc(Cn2cccn2)ccc1Cl)c1cn(-c2cc(F)cc(Cl)c2)cn1. The third-order valence-electron chi connectivity index (χ3n) is 4.38. The zero-order valence-corrected chi connectivity index (χ0v) is 18.4. The van der Waals surface area contributed by atoms with Gasteiger partial charge in [-0.1, -0.05) is 29.3 Å². The van der Waals surface area contributed by atoms with Gasteiger partial charge in [0.1, 0.15) is 22.7 Å². The van der Waals surface area contributed by atoms with Gasteiger partial charge in [-0.25, -0.2) is 22.5 Å². The molecule has 2 aromatic heterocycles. The standard InChI is InChI=1S/C20H14Cl2FN5O3S/c21-14-7-15(23)9-16(8-14)27-11-18(24-12-27)20(29)26-32(30,31)19-6-13(2-3-17(19)22)10-28-5-1-4-25-28/h1-9,11-12H,10H2,(H,26,29). The number of hydrogen-bond donors (Lipinski definition) is 1. The van der Waals surface area contributed by atoms with Gasteiger partial charge >= 0.3 is 0 Å². The van der Waals surface area contributed by atoms with Crippen LogP contribution in [0, 0.1) is 5.82 Å². The molecule has 0 radical (unpaired) electrons. The topological polar surface area (TPSA) is 98.9 Å². The third kappa shape index (κ3) is 4.82. The van der Waals surface area contributed by atoms with Crippen molar-refractivity contribution in [2.45, 2.75) is 11.4 Å². The first-order valence-corrected chi connectivity index (χ1v) is 11.3. The minimum absolute atomic E-state index is 0.0468. The van der Waals surface area contributed by atoms with E-state index < -0.39 is 21.7 Å². The zero-order chi connectivity index (χ0) is 22.9. The average Bonchev–Trinajstić information content (AvgIpc) is 3.40. The minimum Gasteiger partial charge on any atom is -0.305 e. The number of halogens is 3. The van der Waals surface area contributed by atoms with Gasteiger partial charge in [0.05, 0.1) is 17.3 Å². The Hall–Kier alpha value is -3.21. The van der Waals surface area contributed by atoms with E-state index in [9.17, 15) is 17.6 Å². The van der Waals surface area contributed by atoms with Gasteiger partial charge in [0.15, 0.2) is 0 Å². The summed E-state index contributed by atoms with van der Waals surface area (Å²) in [6.45, 7) is 0.321. The molecule has 2 aromatic carbocycles. The largest absolute Gasteiger partial charge is 0.305 e. The Morgan fingerprint density at radius 3 is 2.69 bits per heavy atom. The van der Waals surface area contributed by atoms with Crippen LogP contribution in [-0.4, -0.2) is 33.7 Å². The molecule has 32 heavy (non-hydrogen) atoms. The first-order valence-electron chi connectivity index (χ1n) is 9.05. The molecule has 0 aliphatic rings. The van der Waals surface area contributed by atoms with Crippen LogP contribution >= 0.6 is 23.2 Å². The summed E-state index contributed by atoms with van der Waals surface area (Å²) >= 11 is 11.9. The molecule has 4 rings (SSSR count). The molecule has 0 saturated heterocycles. The number of amides is 1. The Labute approximate surface area is 192 Å². The molecule has 0 aliphatic carbocycles. The van der Waals surface area contributed by atoms with E-state index in [0.29, 0.717) is 17.8 Å². The molecule has 0 spiro atoms. The highest BCUT2D eigenvalue weighted by Crippen LogP contribution is 2.23. The fourth-order valence-corrected chi connectivity index (χ4v) is 4.66. The summed E-state index contributed by atoms with van der Waals surface area (Å²) in [6, 6.07) is 10.00. The molecule has 8 nitrogen and oxygen atoms in total. The molecule has 0 fully saturated rings. The summed E-state index contributed by atoms with van der Waals surface area (Å²) in [6.07, 6.45) is 5.83.